The molecule has 1 saturated carbocycles. The van der Waals surface area contributed by atoms with Gasteiger partial charge in [0, 0.05) is 19.0 Å². The van der Waals surface area contributed by atoms with Crippen molar-refractivity contribution >= 4 is 39.1 Å². The summed E-state index contributed by atoms with van der Waals surface area (Å²) in [7, 11) is -4.30. The summed E-state index contributed by atoms with van der Waals surface area (Å²) in [5, 5.41) is 2.42. The minimum atomic E-state index is -4.88. The molecule has 0 spiro atoms. The number of nitrogens with zero attached hydrogens (tertiary/aromatic N) is 2. The van der Waals surface area contributed by atoms with Gasteiger partial charge in [0.1, 0.15) is 18.4 Å². The molecule has 1 N–H and O–H groups in total. The lowest BCUT2D eigenvalue weighted by Crippen LogP contribution is -2.55. The number of nitrogens with one attached hydrogen (secondary N) is 1. The highest BCUT2D eigenvalue weighted by Crippen LogP contribution is 2.37. The van der Waals surface area contributed by atoms with Crippen LogP contribution in [0.5, 0.6) is 0 Å². The number of sulfonamides is 1. The van der Waals surface area contributed by atoms with E-state index in [1.165, 1.54) is 29.2 Å². The molecule has 7 nitrogen and oxygen atoms in total. The summed E-state index contributed by atoms with van der Waals surface area (Å²) < 4.78 is 81.1. The molecule has 1 atom stereocenters. The van der Waals surface area contributed by atoms with Crippen LogP contribution in [0.1, 0.15) is 48.8 Å². The van der Waals surface area contributed by atoms with Crippen molar-refractivity contribution in [3.8, 4) is 0 Å². The molecule has 1 aliphatic carbocycles. The quantitative estimate of drug-likeness (QED) is 0.242. The van der Waals surface area contributed by atoms with Crippen LogP contribution >= 0.6 is 11.6 Å². The SMILES string of the molecule is CS(=O)(=O)N(CC(=O)N(Cc1ccc(F)cc1)[C@@H](Cc1ccccc1)C(=O)NC1CCCCC1)c1ccc(Cl)c(C(F)(F)F)c1. The van der Waals surface area contributed by atoms with Gasteiger partial charge in [0.05, 0.1) is 22.5 Å². The number of alkyl halides is 3. The molecular formula is C32H34ClF4N3O4S. The molecule has 0 bridgehead atoms. The van der Waals surface area contributed by atoms with Gasteiger partial charge in [-0.1, -0.05) is 73.3 Å². The van der Waals surface area contributed by atoms with E-state index < -0.39 is 62.7 Å². The zero-order chi connectivity index (χ0) is 32.8. The fraction of sp³-hybridized carbons (Fsp3) is 0.375. The lowest BCUT2D eigenvalue weighted by Gasteiger charge is -2.35. The highest BCUT2D eigenvalue weighted by molar-refractivity contribution is 7.92. The third kappa shape index (κ3) is 9.43. The van der Waals surface area contributed by atoms with Gasteiger partial charge in [-0.15, -0.1) is 0 Å². The third-order valence-corrected chi connectivity index (χ3v) is 9.18. The Hall–Kier alpha value is -3.64. The molecule has 45 heavy (non-hydrogen) atoms. The maximum absolute atomic E-state index is 14.1. The molecule has 3 aromatic carbocycles. The Morgan fingerprint density at radius 2 is 1.60 bits per heavy atom. The lowest BCUT2D eigenvalue weighted by atomic mass is 9.94. The molecule has 1 aliphatic rings. The van der Waals surface area contributed by atoms with Crippen molar-refractivity contribution in [3.05, 3.63) is 100 Å². The monoisotopic (exact) mass is 667 g/mol. The van der Waals surface area contributed by atoms with Crippen molar-refractivity contribution in [2.24, 2.45) is 0 Å². The van der Waals surface area contributed by atoms with Crippen LogP contribution in [0.2, 0.25) is 5.02 Å². The van der Waals surface area contributed by atoms with E-state index in [9.17, 15) is 35.6 Å². The normalized spacial score (nSPS) is 14.9. The first-order valence-corrected chi connectivity index (χ1v) is 16.7. The average molecular weight is 668 g/mol. The van der Waals surface area contributed by atoms with E-state index in [0.29, 0.717) is 15.9 Å². The fourth-order valence-corrected chi connectivity index (χ4v) is 6.45. The molecule has 0 heterocycles. The molecule has 3 aromatic rings. The fourth-order valence-electron chi connectivity index (χ4n) is 5.38. The van der Waals surface area contributed by atoms with Crippen LogP contribution in [0.3, 0.4) is 0 Å². The number of benzene rings is 3. The number of carbonyl (C=O) groups excluding carboxylic acids is 2. The predicted octanol–water partition coefficient (Wildman–Crippen LogP) is 6.35. The van der Waals surface area contributed by atoms with E-state index in [4.69, 9.17) is 11.6 Å². The molecule has 4 rings (SSSR count). The smallest absolute Gasteiger partial charge is 0.352 e. The Bertz CT molecular complexity index is 1580. The van der Waals surface area contributed by atoms with Crippen molar-refractivity contribution in [2.45, 2.75) is 63.3 Å². The molecule has 13 heteroatoms. The molecule has 0 aromatic heterocycles. The maximum Gasteiger partial charge on any atom is 0.417 e. The molecule has 242 valence electrons. The number of hydrogen-bond donors (Lipinski definition) is 1. The highest BCUT2D eigenvalue weighted by atomic mass is 35.5. The first-order chi connectivity index (χ1) is 21.2. The largest absolute Gasteiger partial charge is 0.417 e. The highest BCUT2D eigenvalue weighted by Gasteiger charge is 2.37. The van der Waals surface area contributed by atoms with Gasteiger partial charge in [0.2, 0.25) is 21.8 Å². The Kier molecular flexibility index (Phi) is 11.1. The summed E-state index contributed by atoms with van der Waals surface area (Å²) in [6, 6.07) is 15.5. The Labute approximate surface area is 265 Å². The Morgan fingerprint density at radius 3 is 2.20 bits per heavy atom. The van der Waals surface area contributed by atoms with Crippen LogP contribution < -0.4 is 9.62 Å². The number of carbonyl (C=O) groups is 2. The van der Waals surface area contributed by atoms with E-state index in [1.807, 2.05) is 0 Å². The van der Waals surface area contributed by atoms with Crippen LogP contribution in [0, 0.1) is 5.82 Å². The topological polar surface area (TPSA) is 86.8 Å². The first-order valence-electron chi connectivity index (χ1n) is 14.4. The van der Waals surface area contributed by atoms with Crippen molar-refractivity contribution in [1.82, 2.24) is 10.2 Å². The second-order valence-electron chi connectivity index (χ2n) is 11.1. The summed E-state index contributed by atoms with van der Waals surface area (Å²) in [4.78, 5) is 29.3. The van der Waals surface area contributed by atoms with Crippen molar-refractivity contribution in [3.63, 3.8) is 0 Å². The molecule has 0 radical (unpaired) electrons. The minimum absolute atomic E-state index is 0.0738. The van der Waals surface area contributed by atoms with Gasteiger partial charge in [-0.2, -0.15) is 13.2 Å². The molecule has 0 aliphatic heterocycles. The number of halogens is 5. The van der Waals surface area contributed by atoms with Crippen LogP contribution in [0.25, 0.3) is 0 Å². The lowest BCUT2D eigenvalue weighted by molar-refractivity contribution is -0.140. The molecule has 1 fully saturated rings. The van der Waals surface area contributed by atoms with E-state index >= 15 is 0 Å². The number of amides is 2. The second-order valence-corrected chi connectivity index (χ2v) is 13.4. The van der Waals surface area contributed by atoms with Crippen molar-refractivity contribution in [2.75, 3.05) is 17.1 Å². The van der Waals surface area contributed by atoms with Gasteiger partial charge < -0.3 is 10.2 Å². The number of rotatable bonds is 11. The number of hydrogen-bond acceptors (Lipinski definition) is 4. The van der Waals surface area contributed by atoms with Crippen molar-refractivity contribution in [1.29, 1.82) is 0 Å². The predicted molar refractivity (Wildman–Crippen MR) is 165 cm³/mol. The van der Waals surface area contributed by atoms with Gasteiger partial charge in [0.15, 0.2) is 0 Å². The van der Waals surface area contributed by atoms with Crippen LogP contribution in [0.15, 0.2) is 72.8 Å². The van der Waals surface area contributed by atoms with E-state index in [0.717, 1.165) is 56.1 Å². The Morgan fingerprint density at radius 1 is 0.956 bits per heavy atom. The summed E-state index contributed by atoms with van der Waals surface area (Å²) in [6.07, 6.45) is 0.442. The van der Waals surface area contributed by atoms with E-state index in [1.54, 1.807) is 30.3 Å². The summed E-state index contributed by atoms with van der Waals surface area (Å²) in [6.45, 7) is -1.10. The van der Waals surface area contributed by atoms with E-state index in [2.05, 4.69) is 5.32 Å². The third-order valence-electron chi connectivity index (χ3n) is 7.71. The molecule has 2 amide bonds. The standard InChI is InChI=1S/C32H34ClF4N3O4S/c1-45(43,44)40(26-16-17-28(33)27(19-26)32(35,36)37)21-30(41)39(20-23-12-14-24(34)15-13-23)29(18-22-8-4-2-5-9-22)31(42)38-25-10-6-3-7-11-25/h2,4-5,8-9,12-17,19,25,29H,3,6-7,10-11,18,20-21H2,1H3,(H,38,42)/t29-/m0/s1. The van der Waals surface area contributed by atoms with Crippen LogP contribution in [0.4, 0.5) is 23.2 Å². The second kappa shape index (κ2) is 14.6. The summed E-state index contributed by atoms with van der Waals surface area (Å²) >= 11 is 5.76. The van der Waals surface area contributed by atoms with E-state index in [-0.39, 0.29) is 19.0 Å². The van der Waals surface area contributed by atoms with Gasteiger partial charge >= 0.3 is 6.18 Å². The summed E-state index contributed by atoms with van der Waals surface area (Å²) in [5.74, 6) is -1.80. The average Bonchev–Trinajstić information content (AvgIpc) is 2.99. The minimum Gasteiger partial charge on any atom is -0.352 e. The van der Waals surface area contributed by atoms with Gasteiger partial charge in [-0.3, -0.25) is 13.9 Å². The zero-order valence-electron chi connectivity index (χ0n) is 24.6. The van der Waals surface area contributed by atoms with Gasteiger partial charge in [0.25, 0.3) is 0 Å². The van der Waals surface area contributed by atoms with Crippen LogP contribution in [-0.4, -0.2) is 50.0 Å². The summed E-state index contributed by atoms with van der Waals surface area (Å²) in [5.41, 5.74) is -0.494. The molecule has 0 saturated heterocycles. The maximum atomic E-state index is 14.1. The first kappa shape index (κ1) is 34.2. The molecule has 0 unspecified atom stereocenters. The van der Waals surface area contributed by atoms with Gasteiger partial charge in [-0.25, -0.2) is 12.8 Å². The number of anilines is 1. The Balaban J connectivity index is 1.75. The van der Waals surface area contributed by atoms with Gasteiger partial charge in [-0.05, 0) is 54.3 Å². The van der Waals surface area contributed by atoms with Crippen LogP contribution in [-0.2, 0) is 38.8 Å². The van der Waals surface area contributed by atoms with Crippen molar-refractivity contribution < 1.29 is 35.6 Å². The molecular weight excluding hydrogens is 634 g/mol. The zero-order valence-corrected chi connectivity index (χ0v) is 26.1.